The van der Waals surface area contributed by atoms with Crippen LogP contribution >= 0.6 is 0 Å². The van der Waals surface area contributed by atoms with Crippen LogP contribution in [0.15, 0.2) is 18.2 Å². The minimum absolute atomic E-state index is 0.00675. The Morgan fingerprint density at radius 1 is 1.50 bits per heavy atom. The molecule has 0 unspecified atom stereocenters. The van der Waals surface area contributed by atoms with E-state index in [2.05, 4.69) is 6.07 Å². The summed E-state index contributed by atoms with van der Waals surface area (Å²) in [4.78, 5) is 13.9. The molecule has 4 heteroatoms. The summed E-state index contributed by atoms with van der Waals surface area (Å²) >= 11 is 0. The number of nitriles is 1. The van der Waals surface area contributed by atoms with Crippen molar-refractivity contribution in [2.24, 2.45) is 0 Å². The van der Waals surface area contributed by atoms with Gasteiger partial charge in [-0.2, -0.15) is 5.26 Å². The van der Waals surface area contributed by atoms with Crippen molar-refractivity contribution in [2.75, 3.05) is 27.2 Å². The fourth-order valence-electron chi connectivity index (χ4n) is 1.68. The molecule has 0 aromatic heterocycles. The van der Waals surface area contributed by atoms with E-state index >= 15 is 0 Å². The van der Waals surface area contributed by atoms with Crippen molar-refractivity contribution in [3.63, 3.8) is 0 Å². The Bertz CT molecular complexity index is 463. The zero-order chi connectivity index (χ0) is 13.5. The minimum Gasteiger partial charge on any atom is -0.496 e. The summed E-state index contributed by atoms with van der Waals surface area (Å²) in [5.41, 5.74) is 1.65. The van der Waals surface area contributed by atoms with E-state index in [1.165, 1.54) is 0 Å². The maximum Gasteiger partial charge on any atom is 0.180 e. The topological polar surface area (TPSA) is 53.3 Å². The lowest BCUT2D eigenvalue weighted by Gasteiger charge is -2.15. The number of carbonyl (C=O) groups excluding carboxylic acids is 1. The first-order valence-corrected chi connectivity index (χ1v) is 5.81. The van der Waals surface area contributed by atoms with Crippen LogP contribution in [-0.2, 0) is 0 Å². The van der Waals surface area contributed by atoms with Gasteiger partial charge in [0.15, 0.2) is 5.78 Å². The largest absolute Gasteiger partial charge is 0.496 e. The van der Waals surface area contributed by atoms with Crippen molar-refractivity contribution in [1.82, 2.24) is 4.90 Å². The normalized spacial score (nSPS) is 10.2. The molecule has 0 bridgehead atoms. The Kier molecular flexibility index (Phi) is 5.34. The van der Waals surface area contributed by atoms with Gasteiger partial charge in [0.1, 0.15) is 5.75 Å². The molecule has 0 saturated carbocycles. The molecule has 0 radical (unpaired) electrons. The molecule has 0 aliphatic heterocycles. The lowest BCUT2D eigenvalue weighted by molar-refractivity contribution is 0.0944. The first-order valence-electron chi connectivity index (χ1n) is 5.81. The van der Waals surface area contributed by atoms with Crippen LogP contribution in [0.1, 0.15) is 22.3 Å². The molecular weight excluding hydrogens is 228 g/mol. The highest BCUT2D eigenvalue weighted by Crippen LogP contribution is 2.20. The Morgan fingerprint density at radius 3 is 2.83 bits per heavy atom. The molecule has 0 amide bonds. The van der Waals surface area contributed by atoms with Gasteiger partial charge in [-0.1, -0.05) is 6.07 Å². The number of nitrogens with zero attached hydrogens (tertiary/aromatic N) is 2. The minimum atomic E-state index is 0.00675. The van der Waals surface area contributed by atoms with E-state index in [1.54, 1.807) is 13.2 Å². The van der Waals surface area contributed by atoms with Gasteiger partial charge in [0.2, 0.25) is 0 Å². The number of ether oxygens (including phenoxy) is 1. The molecule has 0 aliphatic rings. The third-order valence-corrected chi connectivity index (χ3v) is 2.68. The molecule has 0 aliphatic carbocycles. The molecule has 96 valence electrons. The van der Waals surface area contributed by atoms with Crippen LogP contribution in [0.2, 0.25) is 0 Å². The summed E-state index contributed by atoms with van der Waals surface area (Å²) in [6.07, 6.45) is 0.425. The smallest absolute Gasteiger partial charge is 0.180 e. The van der Waals surface area contributed by atoms with Crippen molar-refractivity contribution >= 4 is 5.78 Å². The van der Waals surface area contributed by atoms with Crippen LogP contribution in [-0.4, -0.2) is 37.9 Å². The molecule has 18 heavy (non-hydrogen) atoms. The molecule has 1 aromatic carbocycles. The summed E-state index contributed by atoms with van der Waals surface area (Å²) in [6, 6.07) is 7.59. The fraction of sp³-hybridized carbons (Fsp3) is 0.429. The van der Waals surface area contributed by atoms with Crippen LogP contribution < -0.4 is 4.74 Å². The number of aryl methyl sites for hydroxylation is 1. The zero-order valence-corrected chi connectivity index (χ0v) is 11.1. The summed E-state index contributed by atoms with van der Waals surface area (Å²) < 4.78 is 5.22. The number of rotatable bonds is 6. The first-order chi connectivity index (χ1) is 8.58. The highest BCUT2D eigenvalue weighted by atomic mass is 16.5. The average Bonchev–Trinajstić information content (AvgIpc) is 2.35. The van der Waals surface area contributed by atoms with E-state index in [0.717, 1.165) is 5.56 Å². The second-order valence-electron chi connectivity index (χ2n) is 4.27. The van der Waals surface area contributed by atoms with Gasteiger partial charge in [-0.05, 0) is 31.7 Å². The van der Waals surface area contributed by atoms with Crippen molar-refractivity contribution in [3.8, 4) is 11.8 Å². The van der Waals surface area contributed by atoms with E-state index in [1.807, 2.05) is 31.0 Å². The number of methoxy groups -OCH3 is 1. The van der Waals surface area contributed by atoms with Gasteiger partial charge in [-0.3, -0.25) is 9.69 Å². The van der Waals surface area contributed by atoms with Crippen molar-refractivity contribution < 1.29 is 9.53 Å². The summed E-state index contributed by atoms with van der Waals surface area (Å²) in [5.74, 6) is 0.612. The summed E-state index contributed by atoms with van der Waals surface area (Å²) in [6.45, 7) is 2.84. The molecule has 1 rings (SSSR count). The van der Waals surface area contributed by atoms with E-state index in [9.17, 15) is 4.79 Å². The molecule has 0 N–H and O–H groups in total. The zero-order valence-electron chi connectivity index (χ0n) is 11.1. The maximum atomic E-state index is 12.1. The molecule has 0 heterocycles. The lowest BCUT2D eigenvalue weighted by Crippen LogP contribution is -2.27. The standard InChI is InChI=1S/C14H18N2O2/c1-11-5-6-12(14(9-11)18-3)13(17)10-16(2)8-4-7-15/h5-6,9H,4,8,10H2,1-3H3. The van der Waals surface area contributed by atoms with Crippen molar-refractivity contribution in [2.45, 2.75) is 13.3 Å². The third kappa shape index (κ3) is 3.86. The predicted octanol–water partition coefficient (Wildman–Crippen LogP) is 2.03. The van der Waals surface area contributed by atoms with Crippen LogP contribution in [0.25, 0.3) is 0 Å². The molecular formula is C14H18N2O2. The predicted molar refractivity (Wildman–Crippen MR) is 69.8 cm³/mol. The Balaban J connectivity index is 2.75. The lowest BCUT2D eigenvalue weighted by atomic mass is 10.1. The van der Waals surface area contributed by atoms with Gasteiger partial charge in [0.05, 0.1) is 25.3 Å². The monoisotopic (exact) mass is 246 g/mol. The number of ketones is 1. The highest BCUT2D eigenvalue weighted by Gasteiger charge is 2.14. The first kappa shape index (κ1) is 14.2. The number of carbonyl (C=O) groups is 1. The number of hydrogen-bond acceptors (Lipinski definition) is 4. The second-order valence-corrected chi connectivity index (χ2v) is 4.27. The summed E-state index contributed by atoms with van der Waals surface area (Å²) in [7, 11) is 3.39. The molecule has 0 fully saturated rings. The van der Waals surface area contributed by atoms with Crippen LogP contribution in [0.5, 0.6) is 5.75 Å². The third-order valence-electron chi connectivity index (χ3n) is 2.68. The van der Waals surface area contributed by atoms with Gasteiger partial charge in [-0.25, -0.2) is 0 Å². The average molecular weight is 246 g/mol. The number of hydrogen-bond donors (Lipinski definition) is 0. The van der Waals surface area contributed by atoms with Crippen molar-refractivity contribution in [3.05, 3.63) is 29.3 Å². The van der Waals surface area contributed by atoms with E-state index in [-0.39, 0.29) is 5.78 Å². The molecule has 1 aromatic rings. The van der Waals surface area contributed by atoms with Gasteiger partial charge in [0.25, 0.3) is 0 Å². The van der Waals surface area contributed by atoms with Gasteiger partial charge >= 0.3 is 0 Å². The quantitative estimate of drug-likeness (QED) is 0.721. The van der Waals surface area contributed by atoms with E-state index < -0.39 is 0 Å². The molecule has 4 nitrogen and oxygen atoms in total. The number of likely N-dealkylation sites (N-methyl/N-ethyl adjacent to an activating group) is 1. The SMILES string of the molecule is COc1cc(C)ccc1C(=O)CN(C)CCC#N. The Morgan fingerprint density at radius 2 is 2.22 bits per heavy atom. The highest BCUT2D eigenvalue weighted by molar-refractivity contribution is 6.00. The van der Waals surface area contributed by atoms with E-state index in [4.69, 9.17) is 10.00 Å². The molecule has 0 saturated heterocycles. The number of Topliss-reactive ketones (excluding diaryl/α,β-unsaturated/α-hetero) is 1. The summed E-state index contributed by atoms with van der Waals surface area (Å²) in [5, 5.41) is 8.50. The Labute approximate surface area is 108 Å². The van der Waals surface area contributed by atoms with Gasteiger partial charge in [-0.15, -0.1) is 0 Å². The van der Waals surface area contributed by atoms with Crippen LogP contribution in [0.4, 0.5) is 0 Å². The van der Waals surface area contributed by atoms with Crippen LogP contribution in [0, 0.1) is 18.3 Å². The van der Waals surface area contributed by atoms with E-state index in [0.29, 0.717) is 30.8 Å². The maximum absolute atomic E-state index is 12.1. The molecule has 0 spiro atoms. The van der Waals surface area contributed by atoms with Crippen LogP contribution in [0.3, 0.4) is 0 Å². The second kappa shape index (κ2) is 6.77. The number of benzene rings is 1. The fourth-order valence-corrected chi connectivity index (χ4v) is 1.68. The van der Waals surface area contributed by atoms with Gasteiger partial charge in [0, 0.05) is 13.0 Å². The van der Waals surface area contributed by atoms with Gasteiger partial charge < -0.3 is 4.74 Å². The molecule has 0 atom stereocenters. The Hall–Kier alpha value is -1.86. The van der Waals surface area contributed by atoms with Crippen molar-refractivity contribution in [1.29, 1.82) is 5.26 Å².